The van der Waals surface area contributed by atoms with Gasteiger partial charge in [-0.3, -0.25) is 4.79 Å². The zero-order valence-corrected chi connectivity index (χ0v) is 13.6. The largest absolute Gasteiger partial charge is 0.355 e. The van der Waals surface area contributed by atoms with Crippen molar-refractivity contribution in [2.24, 2.45) is 0 Å². The first kappa shape index (κ1) is 16.0. The molecule has 6 heteroatoms. The van der Waals surface area contributed by atoms with Crippen molar-refractivity contribution in [3.63, 3.8) is 0 Å². The number of carbonyl (C=O) groups is 1. The molecule has 0 unspecified atom stereocenters. The van der Waals surface area contributed by atoms with E-state index in [4.69, 9.17) is 16.1 Å². The number of hydrogen-bond donors (Lipinski definition) is 1. The minimum Gasteiger partial charge on any atom is -0.355 e. The zero-order valence-electron chi connectivity index (χ0n) is 12.9. The van der Waals surface area contributed by atoms with Crippen LogP contribution in [-0.2, 0) is 0 Å². The Morgan fingerprint density at radius 1 is 1.35 bits per heavy atom. The monoisotopic (exact) mass is 336 g/mol. The average Bonchev–Trinajstić information content (AvgIpc) is 2.90. The number of amides is 1. The van der Waals surface area contributed by atoms with Crippen molar-refractivity contribution in [3.05, 3.63) is 40.3 Å². The zero-order chi connectivity index (χ0) is 16.4. The molecule has 1 aromatic carbocycles. The van der Waals surface area contributed by atoms with Crippen LogP contribution in [0.15, 0.2) is 22.7 Å². The Bertz CT molecular complexity index is 703. The van der Waals surface area contributed by atoms with Gasteiger partial charge in [0, 0.05) is 6.04 Å². The molecular weight excluding hydrogens is 319 g/mol. The number of carbonyl (C=O) groups excluding carboxylic acids is 1. The summed E-state index contributed by atoms with van der Waals surface area (Å²) >= 11 is 6.08. The van der Waals surface area contributed by atoms with Crippen LogP contribution in [0, 0.1) is 12.7 Å². The van der Waals surface area contributed by atoms with Gasteiger partial charge in [0.1, 0.15) is 11.4 Å². The van der Waals surface area contributed by atoms with Gasteiger partial charge in [-0.1, -0.05) is 42.1 Å². The molecule has 0 aliphatic heterocycles. The fraction of sp³-hybridized carbons (Fsp3) is 0.412. The predicted octanol–water partition coefficient (Wildman–Crippen LogP) is 4.51. The highest BCUT2D eigenvalue weighted by molar-refractivity contribution is 6.33. The molecule has 2 aromatic rings. The summed E-state index contributed by atoms with van der Waals surface area (Å²) in [6.45, 7) is 1.66. The van der Waals surface area contributed by atoms with E-state index < -0.39 is 5.82 Å². The lowest BCUT2D eigenvalue weighted by Gasteiger charge is -2.22. The summed E-state index contributed by atoms with van der Waals surface area (Å²) in [6, 6.07) is 4.49. The molecule has 0 saturated heterocycles. The van der Waals surface area contributed by atoms with Gasteiger partial charge in [0.25, 0.3) is 5.91 Å². The van der Waals surface area contributed by atoms with Crippen molar-refractivity contribution in [2.45, 2.75) is 45.1 Å². The number of aromatic nitrogens is 1. The lowest BCUT2D eigenvalue weighted by Crippen LogP contribution is -2.36. The Morgan fingerprint density at radius 2 is 2.09 bits per heavy atom. The van der Waals surface area contributed by atoms with Crippen molar-refractivity contribution in [1.29, 1.82) is 0 Å². The van der Waals surface area contributed by atoms with Crippen molar-refractivity contribution in [1.82, 2.24) is 10.5 Å². The number of hydrogen-bond acceptors (Lipinski definition) is 3. The smallest absolute Gasteiger partial charge is 0.257 e. The van der Waals surface area contributed by atoms with E-state index in [-0.39, 0.29) is 33.9 Å². The van der Waals surface area contributed by atoms with Crippen LogP contribution >= 0.6 is 11.6 Å². The van der Waals surface area contributed by atoms with E-state index in [1.54, 1.807) is 13.0 Å². The third kappa shape index (κ3) is 3.24. The maximum atomic E-state index is 14.1. The Hall–Kier alpha value is -1.88. The summed E-state index contributed by atoms with van der Waals surface area (Å²) < 4.78 is 19.4. The first-order chi connectivity index (χ1) is 11.1. The maximum absolute atomic E-state index is 14.1. The van der Waals surface area contributed by atoms with Gasteiger partial charge in [-0.15, -0.1) is 0 Å². The molecule has 4 nitrogen and oxygen atoms in total. The molecule has 1 saturated carbocycles. The van der Waals surface area contributed by atoms with Crippen molar-refractivity contribution in [3.8, 4) is 11.3 Å². The molecule has 3 rings (SSSR count). The van der Waals surface area contributed by atoms with Crippen LogP contribution in [-0.4, -0.2) is 17.1 Å². The molecule has 1 N–H and O–H groups in total. The van der Waals surface area contributed by atoms with Crippen LogP contribution in [0.3, 0.4) is 0 Å². The van der Waals surface area contributed by atoms with Gasteiger partial charge in [-0.25, -0.2) is 4.39 Å². The van der Waals surface area contributed by atoms with Crippen molar-refractivity contribution >= 4 is 17.5 Å². The summed E-state index contributed by atoms with van der Waals surface area (Å²) in [5.41, 5.74) is 0.749. The second-order valence-corrected chi connectivity index (χ2v) is 6.28. The molecule has 0 radical (unpaired) electrons. The van der Waals surface area contributed by atoms with Gasteiger partial charge in [-0.2, -0.15) is 0 Å². The number of halogens is 2. The van der Waals surface area contributed by atoms with E-state index in [1.807, 2.05) is 0 Å². The summed E-state index contributed by atoms with van der Waals surface area (Å²) in [5.74, 6) is -0.746. The first-order valence-electron chi connectivity index (χ1n) is 7.79. The van der Waals surface area contributed by atoms with Gasteiger partial charge in [-0.05, 0) is 31.9 Å². The third-order valence-electron chi connectivity index (χ3n) is 4.22. The number of nitrogens with zero attached hydrogens (tertiary/aromatic N) is 1. The number of aryl methyl sites for hydroxylation is 1. The van der Waals surface area contributed by atoms with Crippen LogP contribution < -0.4 is 5.32 Å². The Morgan fingerprint density at radius 3 is 2.78 bits per heavy atom. The maximum Gasteiger partial charge on any atom is 0.257 e. The van der Waals surface area contributed by atoms with E-state index in [0.29, 0.717) is 5.69 Å². The van der Waals surface area contributed by atoms with Crippen LogP contribution in [0.2, 0.25) is 5.02 Å². The van der Waals surface area contributed by atoms with E-state index in [2.05, 4.69) is 10.5 Å². The fourth-order valence-corrected chi connectivity index (χ4v) is 3.28. The molecule has 1 aliphatic carbocycles. The molecule has 122 valence electrons. The van der Waals surface area contributed by atoms with Gasteiger partial charge in [0.05, 0.1) is 16.3 Å². The van der Waals surface area contributed by atoms with Crippen molar-refractivity contribution < 1.29 is 13.7 Å². The van der Waals surface area contributed by atoms with Crippen LogP contribution in [0.5, 0.6) is 0 Å². The summed E-state index contributed by atoms with van der Waals surface area (Å²) in [7, 11) is 0. The Kier molecular flexibility index (Phi) is 4.66. The van der Waals surface area contributed by atoms with E-state index in [1.165, 1.54) is 18.6 Å². The first-order valence-corrected chi connectivity index (χ1v) is 8.17. The highest BCUT2D eigenvalue weighted by atomic mass is 35.5. The molecule has 0 bridgehead atoms. The minimum atomic E-state index is -0.541. The Labute approximate surface area is 139 Å². The van der Waals surface area contributed by atoms with Gasteiger partial charge in [0.2, 0.25) is 0 Å². The fourth-order valence-electron chi connectivity index (χ4n) is 3.03. The normalized spacial score (nSPS) is 15.6. The molecular formula is C17H18ClFN2O2. The molecule has 0 spiro atoms. The van der Waals surface area contributed by atoms with Crippen molar-refractivity contribution in [2.75, 3.05) is 0 Å². The average molecular weight is 337 g/mol. The number of benzene rings is 1. The predicted molar refractivity (Wildman–Crippen MR) is 86.0 cm³/mol. The van der Waals surface area contributed by atoms with E-state index in [0.717, 1.165) is 25.7 Å². The number of rotatable bonds is 3. The summed E-state index contributed by atoms with van der Waals surface area (Å²) in [5, 5.41) is 7.02. The summed E-state index contributed by atoms with van der Waals surface area (Å²) in [6.07, 6.45) is 5.35. The second-order valence-electron chi connectivity index (χ2n) is 5.88. The lowest BCUT2D eigenvalue weighted by molar-refractivity contribution is 0.0927. The lowest BCUT2D eigenvalue weighted by atomic mass is 9.95. The number of nitrogens with one attached hydrogen (secondary N) is 1. The molecule has 1 heterocycles. The van der Waals surface area contributed by atoms with Crippen LogP contribution in [0.1, 0.15) is 48.2 Å². The Balaban J connectivity index is 1.94. The highest BCUT2D eigenvalue weighted by Crippen LogP contribution is 2.34. The van der Waals surface area contributed by atoms with E-state index >= 15 is 0 Å². The summed E-state index contributed by atoms with van der Waals surface area (Å²) in [4.78, 5) is 12.6. The minimum absolute atomic E-state index is 0.0727. The second kappa shape index (κ2) is 6.71. The molecule has 1 amide bonds. The van der Waals surface area contributed by atoms with Gasteiger partial charge < -0.3 is 9.84 Å². The quantitative estimate of drug-likeness (QED) is 0.897. The van der Waals surface area contributed by atoms with Crippen LogP contribution in [0.4, 0.5) is 4.39 Å². The molecule has 1 fully saturated rings. The van der Waals surface area contributed by atoms with Crippen LogP contribution in [0.25, 0.3) is 11.3 Å². The van der Waals surface area contributed by atoms with E-state index in [9.17, 15) is 9.18 Å². The van der Waals surface area contributed by atoms with Gasteiger partial charge in [0.15, 0.2) is 5.76 Å². The third-order valence-corrected chi connectivity index (χ3v) is 4.53. The molecule has 1 aliphatic rings. The molecule has 1 aromatic heterocycles. The SMILES string of the molecule is Cc1noc(-c2c(F)cccc2Cl)c1C(=O)NC1CCCCC1. The highest BCUT2D eigenvalue weighted by Gasteiger charge is 2.27. The van der Waals surface area contributed by atoms with Gasteiger partial charge >= 0.3 is 0 Å². The molecule has 0 atom stereocenters. The molecule has 23 heavy (non-hydrogen) atoms. The topological polar surface area (TPSA) is 55.1 Å². The standard InChI is InChI=1S/C17H18ClFN2O2/c1-10-14(17(22)20-11-6-3-2-4-7-11)16(23-21-10)15-12(18)8-5-9-13(15)19/h5,8-9,11H,2-4,6-7H2,1H3,(H,20,22).